The number of anilines is 1. The van der Waals surface area contributed by atoms with E-state index in [4.69, 9.17) is 10.00 Å². The standard InChI is InChI=1S/C42H43FN6O6/c1-41(2)39(42(3,4)40(41)55-29-10-7-24(20-44)32(43)19-29)46-35(51)23-5-8-27(9-6-23)47-15-13-28(14-16-47)48-21-25-17-30-31(18-26(25)22-48)38(54)49(37(30)53)33-11-12-34(50)45-36(33)52/h5-10,17-19,28,33,39-40H,11-16,21-22H2,1-4H3,(H,46,51)(H,45,50,52). The molecule has 0 aromatic heterocycles. The molecule has 4 heterocycles. The summed E-state index contributed by atoms with van der Waals surface area (Å²) in [4.78, 5) is 69.9. The van der Waals surface area contributed by atoms with Gasteiger partial charge in [0.2, 0.25) is 11.8 Å². The maximum atomic E-state index is 14.2. The number of hydrogen-bond donors (Lipinski definition) is 2. The van der Waals surface area contributed by atoms with Gasteiger partial charge < -0.3 is 15.0 Å². The molecule has 13 heteroatoms. The van der Waals surface area contributed by atoms with Crippen molar-refractivity contribution < 1.29 is 33.1 Å². The van der Waals surface area contributed by atoms with Crippen LogP contribution in [-0.4, -0.2) is 76.7 Å². The molecule has 3 aromatic rings. The van der Waals surface area contributed by atoms with Crippen molar-refractivity contribution in [3.8, 4) is 11.8 Å². The molecule has 12 nitrogen and oxygen atoms in total. The van der Waals surface area contributed by atoms with E-state index in [-0.39, 0.29) is 36.5 Å². The SMILES string of the molecule is CC1(C)C(NC(=O)c2ccc(N3CCC(N4Cc5cc6c(cc5C4)C(=O)N(C4CCC(=O)NC4=O)C6=O)CC3)cc2)C(C)(C)C1Oc1ccc(C#N)c(F)c1. The number of carbonyl (C=O) groups is 5. The van der Waals surface area contributed by atoms with E-state index in [0.717, 1.165) is 47.6 Å². The van der Waals surface area contributed by atoms with Gasteiger partial charge in [-0.3, -0.25) is 39.1 Å². The van der Waals surface area contributed by atoms with Gasteiger partial charge in [0.25, 0.3) is 17.7 Å². The number of carbonyl (C=O) groups excluding carboxylic acids is 5. The molecule has 3 fully saturated rings. The number of benzene rings is 3. The Kier molecular flexibility index (Phi) is 8.80. The molecule has 5 aliphatic rings. The molecule has 5 amide bonds. The maximum Gasteiger partial charge on any atom is 0.262 e. The first-order valence-electron chi connectivity index (χ1n) is 18.8. The number of imide groups is 2. The summed E-state index contributed by atoms with van der Waals surface area (Å²) in [6.07, 6.45) is 1.78. The van der Waals surface area contributed by atoms with E-state index >= 15 is 0 Å². The fourth-order valence-corrected chi connectivity index (χ4v) is 9.78. The van der Waals surface area contributed by atoms with Gasteiger partial charge in [0, 0.05) is 72.8 Å². The van der Waals surface area contributed by atoms with Crippen molar-refractivity contribution in [2.45, 2.75) is 90.7 Å². The molecule has 3 aromatic carbocycles. The predicted octanol–water partition coefficient (Wildman–Crippen LogP) is 4.70. The van der Waals surface area contributed by atoms with Crippen LogP contribution in [0.1, 0.15) is 101 Å². The smallest absolute Gasteiger partial charge is 0.262 e. The molecule has 8 rings (SSSR count). The molecule has 55 heavy (non-hydrogen) atoms. The number of halogens is 1. The third kappa shape index (κ3) is 6.13. The predicted molar refractivity (Wildman–Crippen MR) is 198 cm³/mol. The van der Waals surface area contributed by atoms with Crippen molar-refractivity contribution in [1.29, 1.82) is 5.26 Å². The molecule has 2 saturated heterocycles. The van der Waals surface area contributed by atoms with Gasteiger partial charge in [0.1, 0.15) is 29.8 Å². The average molecular weight is 747 g/mol. The Balaban J connectivity index is 0.846. The quantitative estimate of drug-likeness (QED) is 0.328. The molecular formula is C42H43FN6O6. The highest BCUT2D eigenvalue weighted by atomic mass is 19.1. The lowest BCUT2D eigenvalue weighted by Gasteiger charge is -2.63. The topological polar surface area (TPSA) is 152 Å². The van der Waals surface area contributed by atoms with Crippen LogP contribution in [0.2, 0.25) is 0 Å². The molecule has 1 saturated carbocycles. The van der Waals surface area contributed by atoms with Crippen LogP contribution in [-0.2, 0) is 22.7 Å². The van der Waals surface area contributed by atoms with Crippen molar-refractivity contribution in [2.24, 2.45) is 10.8 Å². The van der Waals surface area contributed by atoms with Gasteiger partial charge in [0.05, 0.1) is 16.7 Å². The number of hydrogen-bond acceptors (Lipinski definition) is 9. The van der Waals surface area contributed by atoms with E-state index in [9.17, 15) is 28.4 Å². The third-order valence-corrected chi connectivity index (χ3v) is 12.4. The molecule has 284 valence electrons. The summed E-state index contributed by atoms with van der Waals surface area (Å²) in [5.74, 6) is -2.44. The van der Waals surface area contributed by atoms with E-state index < -0.39 is 46.3 Å². The van der Waals surface area contributed by atoms with Crippen LogP contribution in [0.3, 0.4) is 0 Å². The number of rotatable bonds is 7. The van der Waals surface area contributed by atoms with Crippen LogP contribution in [0, 0.1) is 28.0 Å². The molecule has 1 unspecified atom stereocenters. The molecule has 0 radical (unpaired) electrons. The third-order valence-electron chi connectivity index (χ3n) is 12.4. The molecule has 1 atom stereocenters. The first-order valence-corrected chi connectivity index (χ1v) is 18.8. The van der Waals surface area contributed by atoms with Crippen LogP contribution in [0.25, 0.3) is 0 Å². The van der Waals surface area contributed by atoms with E-state index in [1.54, 1.807) is 6.07 Å². The van der Waals surface area contributed by atoms with Gasteiger partial charge in [-0.2, -0.15) is 5.26 Å². The highest BCUT2D eigenvalue weighted by Crippen LogP contribution is 2.55. The molecule has 0 bridgehead atoms. The summed E-state index contributed by atoms with van der Waals surface area (Å²) < 4.78 is 20.5. The fourth-order valence-electron chi connectivity index (χ4n) is 9.78. The van der Waals surface area contributed by atoms with E-state index in [2.05, 4.69) is 20.4 Å². The largest absolute Gasteiger partial charge is 0.489 e. The molecule has 1 aliphatic carbocycles. The zero-order valence-corrected chi connectivity index (χ0v) is 31.3. The van der Waals surface area contributed by atoms with E-state index in [1.807, 2.05) is 70.2 Å². The number of ether oxygens (including phenoxy) is 1. The normalized spacial score (nSPS) is 24.5. The van der Waals surface area contributed by atoms with Gasteiger partial charge in [-0.25, -0.2) is 4.39 Å². The van der Waals surface area contributed by atoms with Crippen molar-refractivity contribution in [3.05, 3.63) is 93.8 Å². The van der Waals surface area contributed by atoms with Crippen LogP contribution < -0.4 is 20.3 Å². The van der Waals surface area contributed by atoms with Crippen LogP contribution in [0.15, 0.2) is 54.6 Å². The van der Waals surface area contributed by atoms with E-state index in [1.165, 1.54) is 12.1 Å². The summed E-state index contributed by atoms with van der Waals surface area (Å²) in [6, 6.07) is 16.5. The second-order valence-corrected chi connectivity index (χ2v) is 16.6. The molecule has 4 aliphatic heterocycles. The minimum atomic E-state index is -0.978. The second-order valence-electron chi connectivity index (χ2n) is 16.6. The van der Waals surface area contributed by atoms with Gasteiger partial charge in [-0.05, 0) is 78.9 Å². The first kappa shape index (κ1) is 36.4. The van der Waals surface area contributed by atoms with Crippen LogP contribution in [0.4, 0.5) is 10.1 Å². The van der Waals surface area contributed by atoms with Gasteiger partial charge in [0.15, 0.2) is 0 Å². The lowest BCUT2D eigenvalue weighted by molar-refractivity contribution is -0.164. The zero-order valence-electron chi connectivity index (χ0n) is 31.3. The zero-order chi connectivity index (χ0) is 39.0. The Morgan fingerprint density at radius 2 is 1.51 bits per heavy atom. The maximum absolute atomic E-state index is 14.2. The van der Waals surface area contributed by atoms with Crippen molar-refractivity contribution in [3.63, 3.8) is 0 Å². The highest BCUT2D eigenvalue weighted by Gasteiger charge is 2.64. The lowest BCUT2D eigenvalue weighted by Crippen LogP contribution is -2.74. The number of nitrogens with one attached hydrogen (secondary N) is 2. The Labute approximate surface area is 318 Å². The number of fused-ring (bicyclic) bond motifs is 2. The number of nitrogens with zero attached hydrogens (tertiary/aromatic N) is 4. The second kappa shape index (κ2) is 13.3. The Bertz CT molecular complexity index is 2130. The Hall–Kier alpha value is -5.61. The first-order chi connectivity index (χ1) is 26.2. The monoisotopic (exact) mass is 746 g/mol. The number of piperidine rings is 2. The summed E-state index contributed by atoms with van der Waals surface area (Å²) in [5, 5.41) is 14.5. The van der Waals surface area contributed by atoms with Gasteiger partial charge in [-0.1, -0.05) is 27.7 Å². The van der Waals surface area contributed by atoms with Crippen LogP contribution in [0.5, 0.6) is 5.75 Å². The molecule has 0 spiro atoms. The summed E-state index contributed by atoms with van der Waals surface area (Å²) in [5.41, 5.74) is 3.33. The summed E-state index contributed by atoms with van der Waals surface area (Å²) >= 11 is 0. The van der Waals surface area contributed by atoms with Crippen molar-refractivity contribution >= 4 is 35.2 Å². The minimum absolute atomic E-state index is 0.0398. The number of nitriles is 1. The number of amides is 5. The van der Waals surface area contributed by atoms with Crippen LogP contribution >= 0.6 is 0 Å². The fraction of sp³-hybridized carbons (Fsp3) is 0.429. The lowest BCUT2D eigenvalue weighted by atomic mass is 9.49. The van der Waals surface area contributed by atoms with Gasteiger partial charge >= 0.3 is 0 Å². The van der Waals surface area contributed by atoms with E-state index in [0.29, 0.717) is 41.6 Å². The van der Waals surface area contributed by atoms with Crippen molar-refractivity contribution in [2.75, 3.05) is 18.0 Å². The Morgan fingerprint density at radius 3 is 2.07 bits per heavy atom. The molecule has 2 N–H and O–H groups in total. The Morgan fingerprint density at radius 1 is 0.891 bits per heavy atom. The average Bonchev–Trinajstić information content (AvgIpc) is 3.69. The minimum Gasteiger partial charge on any atom is -0.489 e. The molecular weight excluding hydrogens is 703 g/mol. The highest BCUT2D eigenvalue weighted by molar-refractivity contribution is 6.23. The van der Waals surface area contributed by atoms with Gasteiger partial charge in [-0.15, -0.1) is 0 Å². The summed E-state index contributed by atoms with van der Waals surface area (Å²) in [7, 11) is 0. The van der Waals surface area contributed by atoms with Crippen molar-refractivity contribution in [1.82, 2.24) is 20.4 Å². The summed E-state index contributed by atoms with van der Waals surface area (Å²) in [6.45, 7) is 11.1.